The molecule has 2 heterocycles. The number of hydrogen-bond acceptors (Lipinski definition) is 9. The lowest BCUT2D eigenvalue weighted by Gasteiger charge is -2.25. The third-order valence-electron chi connectivity index (χ3n) is 7.28. The Morgan fingerprint density at radius 2 is 1.83 bits per heavy atom. The van der Waals surface area contributed by atoms with Gasteiger partial charge in [0.1, 0.15) is 30.7 Å². The summed E-state index contributed by atoms with van der Waals surface area (Å²) in [5.41, 5.74) is -1.16. The molecule has 1 unspecified atom stereocenters. The van der Waals surface area contributed by atoms with Gasteiger partial charge in [-0.2, -0.15) is 5.09 Å². The van der Waals surface area contributed by atoms with Gasteiger partial charge in [0.05, 0.1) is 12.7 Å². The summed E-state index contributed by atoms with van der Waals surface area (Å²) in [5.74, 6) is -0.400. The Morgan fingerprint density at radius 1 is 1.15 bits per heavy atom. The maximum atomic E-state index is 14.0. The van der Waals surface area contributed by atoms with Gasteiger partial charge in [-0.3, -0.25) is 23.7 Å². The molecule has 1 aliphatic carbocycles. The van der Waals surface area contributed by atoms with Crippen molar-refractivity contribution >= 4 is 13.7 Å². The average Bonchev–Trinajstić information content (AvgIpc) is 3.73. The summed E-state index contributed by atoms with van der Waals surface area (Å²) in [6.07, 6.45) is -0.156. The molecule has 2 aromatic carbocycles. The van der Waals surface area contributed by atoms with Crippen LogP contribution in [0.5, 0.6) is 5.75 Å². The van der Waals surface area contributed by atoms with Crippen LogP contribution in [0.3, 0.4) is 0 Å². The quantitative estimate of drug-likeness (QED) is 0.213. The van der Waals surface area contributed by atoms with E-state index in [1.165, 1.54) is 16.8 Å². The first kappa shape index (κ1) is 29.0. The highest BCUT2D eigenvalue weighted by Crippen LogP contribution is 2.62. The first-order valence-electron chi connectivity index (χ1n) is 13.4. The number of aromatic amines is 1. The Bertz CT molecular complexity index is 1510. The zero-order valence-electron chi connectivity index (χ0n) is 22.4. The lowest BCUT2D eigenvalue weighted by Crippen LogP contribution is -2.38. The summed E-state index contributed by atoms with van der Waals surface area (Å²) in [6, 6.07) is 17.7. The molecule has 5 atom stereocenters. The molecule has 2 fully saturated rings. The van der Waals surface area contributed by atoms with Gasteiger partial charge in [-0.05, 0) is 37.0 Å². The van der Waals surface area contributed by atoms with Crippen molar-refractivity contribution in [2.45, 2.75) is 57.3 Å². The molecule has 0 bridgehead atoms. The molecule has 3 N–H and O–H groups in total. The second kappa shape index (κ2) is 12.1. The van der Waals surface area contributed by atoms with E-state index in [2.05, 4.69) is 10.1 Å². The number of hydrogen-bond donors (Lipinski definition) is 3. The fourth-order valence-corrected chi connectivity index (χ4v) is 6.47. The van der Waals surface area contributed by atoms with E-state index in [0.29, 0.717) is 12.8 Å². The van der Waals surface area contributed by atoms with Crippen molar-refractivity contribution < 1.29 is 33.0 Å². The second-order valence-corrected chi connectivity index (χ2v) is 11.8. The topological polar surface area (TPSA) is 158 Å². The highest BCUT2D eigenvalue weighted by molar-refractivity contribution is 7.52. The highest BCUT2D eigenvalue weighted by Gasteiger charge is 2.64. The van der Waals surface area contributed by atoms with Crippen LogP contribution < -0.4 is 20.9 Å². The van der Waals surface area contributed by atoms with Gasteiger partial charge in [0.2, 0.25) is 0 Å². The summed E-state index contributed by atoms with van der Waals surface area (Å²) >= 11 is 0. The van der Waals surface area contributed by atoms with Crippen LogP contribution in [-0.4, -0.2) is 45.5 Å². The minimum atomic E-state index is -4.23. The third kappa shape index (κ3) is 6.52. The van der Waals surface area contributed by atoms with E-state index in [0.717, 1.165) is 5.56 Å². The lowest BCUT2D eigenvalue weighted by molar-refractivity contribution is -0.147. The molecule has 13 heteroatoms. The van der Waals surface area contributed by atoms with Crippen LogP contribution in [0.4, 0.5) is 0 Å². The number of para-hydroxylation sites is 1. The molecule has 5 rings (SSSR count). The number of H-pyrrole nitrogens is 1. The molecular weight excluding hydrogens is 553 g/mol. The monoisotopic (exact) mass is 585 g/mol. The van der Waals surface area contributed by atoms with Crippen molar-refractivity contribution in [1.29, 1.82) is 0 Å². The van der Waals surface area contributed by atoms with E-state index in [1.54, 1.807) is 37.3 Å². The molecule has 2 aliphatic rings. The number of nitrogens with one attached hydrogen (secondary N) is 2. The van der Waals surface area contributed by atoms with Gasteiger partial charge in [0.25, 0.3) is 5.56 Å². The molecule has 1 aliphatic heterocycles. The van der Waals surface area contributed by atoms with Crippen LogP contribution in [0.15, 0.2) is 82.5 Å². The minimum absolute atomic E-state index is 0.0399. The van der Waals surface area contributed by atoms with Crippen LogP contribution in [-0.2, 0) is 30.0 Å². The fraction of sp³-hybridized carbons (Fsp3) is 0.393. The van der Waals surface area contributed by atoms with E-state index in [-0.39, 0.29) is 25.4 Å². The maximum Gasteiger partial charge on any atom is 0.459 e. The van der Waals surface area contributed by atoms with Gasteiger partial charge in [0.15, 0.2) is 0 Å². The highest BCUT2D eigenvalue weighted by atomic mass is 31.2. The van der Waals surface area contributed by atoms with Gasteiger partial charge in [-0.15, -0.1) is 0 Å². The predicted molar refractivity (Wildman–Crippen MR) is 147 cm³/mol. The lowest BCUT2D eigenvalue weighted by atomic mass is 9.96. The number of benzene rings is 2. The van der Waals surface area contributed by atoms with Crippen LogP contribution in [0.1, 0.15) is 38.0 Å². The van der Waals surface area contributed by atoms with Crippen LogP contribution in [0.2, 0.25) is 0 Å². The van der Waals surface area contributed by atoms with Gasteiger partial charge in [0, 0.05) is 17.7 Å². The number of ether oxygens (including phenoxy) is 2. The summed E-state index contributed by atoms with van der Waals surface area (Å²) < 4.78 is 38.2. The Labute approximate surface area is 235 Å². The first-order valence-corrected chi connectivity index (χ1v) is 14.9. The Balaban J connectivity index is 1.31. The smallest absolute Gasteiger partial charge is 0.459 e. The molecule has 0 radical (unpaired) electrons. The van der Waals surface area contributed by atoms with E-state index in [4.69, 9.17) is 18.5 Å². The van der Waals surface area contributed by atoms with Gasteiger partial charge in [-0.25, -0.2) is 9.36 Å². The van der Waals surface area contributed by atoms with Gasteiger partial charge >= 0.3 is 19.4 Å². The maximum absolute atomic E-state index is 14.0. The molecule has 1 aromatic heterocycles. The van der Waals surface area contributed by atoms with E-state index in [9.17, 15) is 24.1 Å². The molecule has 0 amide bonds. The predicted octanol–water partition coefficient (Wildman–Crippen LogP) is 2.89. The van der Waals surface area contributed by atoms with Crippen LogP contribution >= 0.6 is 7.75 Å². The summed E-state index contributed by atoms with van der Waals surface area (Å²) in [6.45, 7) is 1.39. The van der Waals surface area contributed by atoms with Crippen molar-refractivity contribution in [1.82, 2.24) is 14.6 Å². The number of nitrogens with zero attached hydrogens (tertiary/aromatic N) is 1. The number of carbonyl (C=O) groups excluding carboxylic acids is 1. The molecule has 12 nitrogen and oxygen atoms in total. The Hall–Kier alpha value is -3.54. The third-order valence-corrected chi connectivity index (χ3v) is 8.84. The first-order chi connectivity index (χ1) is 19.7. The Morgan fingerprint density at radius 3 is 2.46 bits per heavy atom. The van der Waals surface area contributed by atoms with Crippen molar-refractivity contribution in [2.24, 2.45) is 5.41 Å². The van der Waals surface area contributed by atoms with Crippen molar-refractivity contribution in [3.05, 3.63) is 99.3 Å². The number of esters is 1. The van der Waals surface area contributed by atoms with Gasteiger partial charge < -0.3 is 19.1 Å². The van der Waals surface area contributed by atoms with Crippen LogP contribution in [0.25, 0.3) is 0 Å². The number of carbonyl (C=O) groups is 1. The van der Waals surface area contributed by atoms with Crippen LogP contribution in [0, 0.1) is 5.41 Å². The fourth-order valence-electron chi connectivity index (χ4n) is 4.88. The SMILES string of the molecule is CC[C@H](NP(=O)(OC[C@H]1O[C@@H](n2ccc(=O)[nH]c2=O)C2(CC2)[C@@H]1O)Oc1ccccc1)C(=O)OCc1ccccc1. The summed E-state index contributed by atoms with van der Waals surface area (Å²) in [4.78, 5) is 39.1. The number of rotatable bonds is 12. The van der Waals surface area contributed by atoms with E-state index < -0.39 is 54.9 Å². The van der Waals surface area contributed by atoms with Crippen molar-refractivity contribution in [3.8, 4) is 5.75 Å². The second-order valence-electron chi connectivity index (χ2n) is 10.1. The van der Waals surface area contributed by atoms with Crippen molar-refractivity contribution in [2.75, 3.05) is 6.61 Å². The molecule has 1 saturated heterocycles. The zero-order valence-corrected chi connectivity index (χ0v) is 23.3. The Kier molecular flexibility index (Phi) is 8.58. The average molecular weight is 586 g/mol. The molecule has 1 spiro atoms. The molecule has 41 heavy (non-hydrogen) atoms. The number of aromatic nitrogens is 2. The standard InChI is InChI=1S/C28H32N3O9P/c1-2-21(25(34)37-17-19-9-5-3-6-10-19)30-41(36,40-20-11-7-4-8-12-20)38-18-22-24(33)28(14-15-28)26(39-22)31-16-13-23(32)29-27(31)35/h3-13,16,21-22,24,26,33H,2,14-15,17-18H2,1H3,(H,30,36)(H,29,32,35)/t21-,22+,24+,26+,41?/m0/s1. The largest absolute Gasteiger partial charge is 0.460 e. The van der Waals surface area contributed by atoms with E-state index in [1.807, 2.05) is 30.3 Å². The molecule has 1 saturated carbocycles. The summed E-state index contributed by atoms with van der Waals surface area (Å²) in [7, 11) is -4.23. The molecule has 3 aromatic rings. The minimum Gasteiger partial charge on any atom is -0.460 e. The molecular formula is C28H32N3O9P. The van der Waals surface area contributed by atoms with Crippen molar-refractivity contribution in [3.63, 3.8) is 0 Å². The number of aliphatic hydroxyl groups is 1. The van der Waals surface area contributed by atoms with E-state index >= 15 is 0 Å². The summed E-state index contributed by atoms with van der Waals surface area (Å²) in [5, 5.41) is 13.8. The van der Waals surface area contributed by atoms with Gasteiger partial charge in [-0.1, -0.05) is 55.5 Å². The molecule has 218 valence electrons. The normalized spacial score (nSPS) is 23.0. The number of aliphatic hydroxyl groups excluding tert-OH is 1. The zero-order chi connectivity index (χ0) is 29.0.